The van der Waals surface area contributed by atoms with E-state index >= 15 is 0 Å². The van der Waals surface area contributed by atoms with Crippen LogP contribution in [-0.4, -0.2) is 57.3 Å². The SMILES string of the molecule is CCCOc1ccc(/C=C/C(=O)N(CCCOC)CCC(=O)OC)cc1. The molecule has 0 fully saturated rings. The highest BCUT2D eigenvalue weighted by molar-refractivity contribution is 5.92. The molecule has 144 valence electrons. The number of carbonyl (C=O) groups is 2. The summed E-state index contributed by atoms with van der Waals surface area (Å²) in [6.45, 7) is 4.15. The molecule has 0 bridgehead atoms. The smallest absolute Gasteiger partial charge is 0.307 e. The number of carbonyl (C=O) groups excluding carboxylic acids is 2. The highest BCUT2D eigenvalue weighted by Crippen LogP contribution is 2.13. The van der Waals surface area contributed by atoms with Gasteiger partial charge in [0.2, 0.25) is 5.91 Å². The molecule has 0 aliphatic heterocycles. The van der Waals surface area contributed by atoms with Gasteiger partial charge in [0, 0.05) is 32.9 Å². The largest absolute Gasteiger partial charge is 0.494 e. The number of nitrogens with zero attached hydrogens (tertiary/aromatic N) is 1. The van der Waals surface area contributed by atoms with Gasteiger partial charge in [-0.1, -0.05) is 19.1 Å². The van der Waals surface area contributed by atoms with E-state index < -0.39 is 0 Å². The van der Waals surface area contributed by atoms with Gasteiger partial charge in [0.15, 0.2) is 0 Å². The summed E-state index contributed by atoms with van der Waals surface area (Å²) in [7, 11) is 2.96. The molecule has 1 aromatic rings. The van der Waals surface area contributed by atoms with Crippen molar-refractivity contribution in [3.05, 3.63) is 35.9 Å². The van der Waals surface area contributed by atoms with Gasteiger partial charge in [0.1, 0.15) is 5.75 Å². The molecule has 0 saturated heterocycles. The molecule has 0 unspecified atom stereocenters. The van der Waals surface area contributed by atoms with Gasteiger partial charge in [0.25, 0.3) is 0 Å². The number of amides is 1. The zero-order valence-corrected chi connectivity index (χ0v) is 15.9. The lowest BCUT2D eigenvalue weighted by atomic mass is 10.2. The minimum Gasteiger partial charge on any atom is -0.494 e. The quantitative estimate of drug-likeness (QED) is 0.325. The van der Waals surface area contributed by atoms with E-state index in [9.17, 15) is 9.59 Å². The Bertz CT molecular complexity index is 568. The van der Waals surface area contributed by atoms with Crippen molar-refractivity contribution in [2.75, 3.05) is 40.5 Å². The third-order valence-electron chi connectivity index (χ3n) is 3.67. The lowest BCUT2D eigenvalue weighted by molar-refractivity contribution is -0.141. The number of esters is 1. The maximum atomic E-state index is 12.4. The van der Waals surface area contributed by atoms with Crippen LogP contribution in [0.3, 0.4) is 0 Å². The van der Waals surface area contributed by atoms with Crippen molar-refractivity contribution < 1.29 is 23.8 Å². The molecule has 26 heavy (non-hydrogen) atoms. The Balaban J connectivity index is 2.64. The van der Waals surface area contributed by atoms with Gasteiger partial charge in [0.05, 0.1) is 20.1 Å². The first kappa shape index (κ1) is 21.7. The van der Waals surface area contributed by atoms with E-state index in [0.717, 1.165) is 17.7 Å². The van der Waals surface area contributed by atoms with Gasteiger partial charge in [-0.3, -0.25) is 9.59 Å². The summed E-state index contributed by atoms with van der Waals surface area (Å²) in [5, 5.41) is 0. The van der Waals surface area contributed by atoms with Crippen LogP contribution in [0.25, 0.3) is 6.08 Å². The zero-order valence-electron chi connectivity index (χ0n) is 15.9. The molecule has 0 N–H and O–H groups in total. The van der Waals surface area contributed by atoms with Crippen molar-refractivity contribution in [1.29, 1.82) is 0 Å². The normalized spacial score (nSPS) is 10.7. The zero-order chi connectivity index (χ0) is 19.2. The first-order valence-electron chi connectivity index (χ1n) is 8.86. The number of ether oxygens (including phenoxy) is 3. The minimum atomic E-state index is -0.332. The van der Waals surface area contributed by atoms with Gasteiger partial charge in [-0.2, -0.15) is 0 Å². The number of rotatable bonds is 12. The Morgan fingerprint density at radius 2 is 1.81 bits per heavy atom. The van der Waals surface area contributed by atoms with Gasteiger partial charge in [-0.25, -0.2) is 0 Å². The predicted octanol–water partition coefficient (Wildman–Crippen LogP) is 2.92. The van der Waals surface area contributed by atoms with Crippen LogP contribution in [0.4, 0.5) is 0 Å². The van der Waals surface area contributed by atoms with Crippen LogP contribution >= 0.6 is 0 Å². The maximum Gasteiger partial charge on any atom is 0.307 e. The van der Waals surface area contributed by atoms with Crippen molar-refractivity contribution in [2.24, 2.45) is 0 Å². The molecule has 6 nitrogen and oxygen atoms in total. The van der Waals surface area contributed by atoms with E-state index in [1.54, 1.807) is 18.1 Å². The van der Waals surface area contributed by atoms with E-state index in [-0.39, 0.29) is 18.3 Å². The summed E-state index contributed by atoms with van der Waals surface area (Å²) in [4.78, 5) is 25.4. The molecule has 0 aliphatic carbocycles. The van der Waals surface area contributed by atoms with Gasteiger partial charge < -0.3 is 19.1 Å². The molecule has 0 saturated carbocycles. The lowest BCUT2D eigenvalue weighted by Gasteiger charge is -2.20. The van der Waals surface area contributed by atoms with Crippen LogP contribution < -0.4 is 4.74 Å². The summed E-state index contributed by atoms with van der Waals surface area (Å²) in [6, 6.07) is 7.57. The highest BCUT2D eigenvalue weighted by atomic mass is 16.5. The van der Waals surface area contributed by atoms with Crippen molar-refractivity contribution in [1.82, 2.24) is 4.90 Å². The molecule has 0 heterocycles. The Kier molecular flexibility index (Phi) is 10.8. The highest BCUT2D eigenvalue weighted by Gasteiger charge is 2.12. The Morgan fingerprint density at radius 1 is 1.08 bits per heavy atom. The summed E-state index contributed by atoms with van der Waals surface area (Å²) >= 11 is 0. The fraction of sp³-hybridized carbons (Fsp3) is 0.500. The van der Waals surface area contributed by atoms with Crippen LogP contribution in [-0.2, 0) is 19.1 Å². The third kappa shape index (κ3) is 8.67. The van der Waals surface area contributed by atoms with E-state index in [1.165, 1.54) is 13.2 Å². The standard InChI is InChI=1S/C20H29NO5/c1-4-15-26-18-9-6-17(7-10-18)8-11-19(22)21(13-5-16-24-2)14-12-20(23)25-3/h6-11H,4-5,12-16H2,1-3H3/b11-8+. The average Bonchev–Trinajstić information content (AvgIpc) is 2.67. The first-order valence-corrected chi connectivity index (χ1v) is 8.86. The molecule has 0 aliphatic rings. The number of hydrogen-bond acceptors (Lipinski definition) is 5. The van der Waals surface area contributed by atoms with E-state index in [2.05, 4.69) is 11.7 Å². The number of benzene rings is 1. The minimum absolute atomic E-state index is 0.142. The Hall–Kier alpha value is -2.34. The number of methoxy groups -OCH3 is 2. The van der Waals surface area contributed by atoms with Crippen LogP contribution in [0.15, 0.2) is 30.3 Å². The molecule has 1 rings (SSSR count). The topological polar surface area (TPSA) is 65.1 Å². The summed E-state index contributed by atoms with van der Waals surface area (Å²) < 4.78 is 15.2. The lowest BCUT2D eigenvalue weighted by Crippen LogP contribution is -2.33. The van der Waals surface area contributed by atoms with Gasteiger partial charge in [-0.15, -0.1) is 0 Å². The second-order valence-electron chi connectivity index (χ2n) is 5.75. The van der Waals surface area contributed by atoms with Crippen LogP contribution in [0.1, 0.15) is 31.7 Å². The second-order valence-corrected chi connectivity index (χ2v) is 5.75. The van der Waals surface area contributed by atoms with Crippen molar-refractivity contribution in [3.8, 4) is 5.75 Å². The van der Waals surface area contributed by atoms with Crippen molar-refractivity contribution in [2.45, 2.75) is 26.2 Å². The fourth-order valence-electron chi connectivity index (χ4n) is 2.23. The van der Waals surface area contributed by atoms with Crippen LogP contribution in [0.5, 0.6) is 5.75 Å². The molecule has 0 spiro atoms. The molecule has 6 heteroatoms. The molecule has 0 aromatic heterocycles. The number of hydrogen-bond donors (Lipinski definition) is 0. The molecule has 1 aromatic carbocycles. The fourth-order valence-corrected chi connectivity index (χ4v) is 2.23. The summed E-state index contributed by atoms with van der Waals surface area (Å²) in [6.07, 6.45) is 5.12. The molecular weight excluding hydrogens is 334 g/mol. The monoisotopic (exact) mass is 363 g/mol. The summed E-state index contributed by atoms with van der Waals surface area (Å²) in [5.41, 5.74) is 0.909. The van der Waals surface area contributed by atoms with Gasteiger partial charge >= 0.3 is 5.97 Å². The van der Waals surface area contributed by atoms with Crippen LogP contribution in [0, 0.1) is 0 Å². The van der Waals surface area contributed by atoms with E-state index in [4.69, 9.17) is 9.47 Å². The van der Waals surface area contributed by atoms with Crippen molar-refractivity contribution in [3.63, 3.8) is 0 Å². The molecular formula is C20H29NO5. The van der Waals surface area contributed by atoms with E-state index in [0.29, 0.717) is 32.7 Å². The Labute approximate surface area is 155 Å². The molecule has 1 amide bonds. The van der Waals surface area contributed by atoms with Gasteiger partial charge in [-0.05, 0) is 36.6 Å². The maximum absolute atomic E-state index is 12.4. The Morgan fingerprint density at radius 3 is 2.42 bits per heavy atom. The average molecular weight is 363 g/mol. The molecule has 0 atom stereocenters. The predicted molar refractivity (Wildman–Crippen MR) is 101 cm³/mol. The summed E-state index contributed by atoms with van der Waals surface area (Å²) in [5.74, 6) is 0.340. The van der Waals surface area contributed by atoms with Crippen molar-refractivity contribution >= 4 is 18.0 Å². The third-order valence-corrected chi connectivity index (χ3v) is 3.67. The first-order chi connectivity index (χ1) is 12.6. The van der Waals surface area contributed by atoms with Crippen LogP contribution in [0.2, 0.25) is 0 Å². The second kappa shape index (κ2) is 12.9. The molecule has 0 radical (unpaired) electrons. The van der Waals surface area contributed by atoms with E-state index in [1.807, 2.05) is 24.3 Å².